The third-order valence-corrected chi connectivity index (χ3v) is 2.50. The quantitative estimate of drug-likeness (QED) is 0.927. The zero-order valence-corrected chi connectivity index (χ0v) is 9.85. The van der Waals surface area contributed by atoms with E-state index in [1.54, 1.807) is 12.1 Å². The van der Waals surface area contributed by atoms with E-state index in [1.807, 2.05) is 0 Å². The molecule has 1 aromatic carbocycles. The predicted molar refractivity (Wildman–Crippen MR) is 62.6 cm³/mol. The number of furan rings is 1. The number of hydrogen-bond donors (Lipinski definition) is 1. The smallest absolute Gasteiger partial charge is 0.416 e. The Bertz CT molecular complexity index is 523. The number of hydrogen-bond acceptors (Lipinski definition) is 3. The molecule has 102 valence electrons. The third kappa shape index (κ3) is 3.51. The summed E-state index contributed by atoms with van der Waals surface area (Å²) in [5.41, 5.74) is 5.02. The van der Waals surface area contributed by atoms with Crippen LogP contribution in [0.2, 0.25) is 0 Å². The summed E-state index contributed by atoms with van der Waals surface area (Å²) in [5, 5.41) is 0. The summed E-state index contributed by atoms with van der Waals surface area (Å²) in [6, 6.07) is 7.50. The van der Waals surface area contributed by atoms with Crippen molar-refractivity contribution in [3.63, 3.8) is 0 Å². The van der Waals surface area contributed by atoms with Gasteiger partial charge in [-0.15, -0.1) is 0 Å². The number of halogens is 3. The summed E-state index contributed by atoms with van der Waals surface area (Å²) in [6.45, 7) is 0.0365. The van der Waals surface area contributed by atoms with Gasteiger partial charge in [0.25, 0.3) is 0 Å². The fourth-order valence-corrected chi connectivity index (χ4v) is 1.53. The SMILES string of the molecule is NC(COc1cccc(C(F)(F)F)c1)c1ccco1. The van der Waals surface area contributed by atoms with Crippen LogP contribution in [0.15, 0.2) is 47.1 Å². The van der Waals surface area contributed by atoms with Crippen LogP contribution >= 0.6 is 0 Å². The minimum absolute atomic E-state index is 0.0365. The molecule has 1 unspecified atom stereocenters. The molecule has 0 saturated heterocycles. The first-order valence-electron chi connectivity index (χ1n) is 5.56. The zero-order valence-electron chi connectivity index (χ0n) is 9.85. The molecule has 6 heteroatoms. The van der Waals surface area contributed by atoms with Crippen molar-refractivity contribution in [2.75, 3.05) is 6.61 Å². The molecule has 0 aliphatic heterocycles. The molecule has 0 fully saturated rings. The van der Waals surface area contributed by atoms with Crippen molar-refractivity contribution in [1.82, 2.24) is 0 Å². The monoisotopic (exact) mass is 271 g/mol. The first kappa shape index (κ1) is 13.5. The molecular weight excluding hydrogens is 259 g/mol. The van der Waals surface area contributed by atoms with Crippen LogP contribution in [-0.2, 0) is 6.18 Å². The van der Waals surface area contributed by atoms with Gasteiger partial charge in [-0.25, -0.2) is 0 Å². The van der Waals surface area contributed by atoms with E-state index in [-0.39, 0.29) is 12.4 Å². The highest BCUT2D eigenvalue weighted by molar-refractivity contribution is 5.30. The molecule has 19 heavy (non-hydrogen) atoms. The molecule has 2 aromatic rings. The maximum Gasteiger partial charge on any atom is 0.416 e. The van der Waals surface area contributed by atoms with Gasteiger partial charge >= 0.3 is 6.18 Å². The van der Waals surface area contributed by atoms with E-state index < -0.39 is 17.8 Å². The molecule has 1 aromatic heterocycles. The summed E-state index contributed by atoms with van der Waals surface area (Å²) in [6.07, 6.45) is -2.91. The molecule has 0 aliphatic rings. The molecule has 0 bridgehead atoms. The highest BCUT2D eigenvalue weighted by Crippen LogP contribution is 2.31. The van der Waals surface area contributed by atoms with Gasteiger partial charge in [-0.05, 0) is 30.3 Å². The van der Waals surface area contributed by atoms with Crippen LogP contribution in [0.4, 0.5) is 13.2 Å². The Hall–Kier alpha value is -1.95. The maximum atomic E-state index is 12.5. The summed E-state index contributed by atoms with van der Waals surface area (Å²) in [5.74, 6) is 0.642. The maximum absolute atomic E-state index is 12.5. The molecular formula is C13H12F3NO2. The van der Waals surface area contributed by atoms with Crippen molar-refractivity contribution in [1.29, 1.82) is 0 Å². The standard InChI is InChI=1S/C13H12F3NO2/c14-13(15,16)9-3-1-4-10(7-9)19-8-11(17)12-5-2-6-18-12/h1-7,11H,8,17H2. The number of nitrogens with two attached hydrogens (primary N) is 1. The lowest BCUT2D eigenvalue weighted by molar-refractivity contribution is -0.137. The zero-order chi connectivity index (χ0) is 13.9. The molecule has 2 N–H and O–H groups in total. The van der Waals surface area contributed by atoms with Crippen LogP contribution in [0.1, 0.15) is 17.4 Å². The molecule has 0 amide bonds. The van der Waals surface area contributed by atoms with Gasteiger partial charge in [0.15, 0.2) is 0 Å². The minimum atomic E-state index is -4.39. The van der Waals surface area contributed by atoms with Crippen LogP contribution in [-0.4, -0.2) is 6.61 Å². The largest absolute Gasteiger partial charge is 0.491 e. The van der Waals surface area contributed by atoms with Crippen LogP contribution in [0, 0.1) is 0 Å². The van der Waals surface area contributed by atoms with Crippen LogP contribution < -0.4 is 10.5 Å². The van der Waals surface area contributed by atoms with E-state index in [0.717, 1.165) is 12.1 Å². The summed E-state index contributed by atoms with van der Waals surface area (Å²) >= 11 is 0. The van der Waals surface area contributed by atoms with Gasteiger partial charge in [-0.1, -0.05) is 6.07 Å². The van der Waals surface area contributed by atoms with Gasteiger partial charge < -0.3 is 14.9 Å². The lowest BCUT2D eigenvalue weighted by Gasteiger charge is -2.12. The normalized spacial score (nSPS) is 13.3. The van der Waals surface area contributed by atoms with Crippen molar-refractivity contribution in [3.05, 3.63) is 54.0 Å². The fraction of sp³-hybridized carbons (Fsp3) is 0.231. The Morgan fingerprint density at radius 2 is 2.00 bits per heavy atom. The van der Waals surface area contributed by atoms with Crippen LogP contribution in [0.3, 0.4) is 0 Å². The second kappa shape index (κ2) is 5.36. The second-order valence-corrected chi connectivity index (χ2v) is 3.96. The van der Waals surface area contributed by atoms with Crippen LogP contribution in [0.5, 0.6) is 5.75 Å². The molecule has 0 saturated carbocycles. The van der Waals surface area contributed by atoms with E-state index in [2.05, 4.69) is 0 Å². The third-order valence-electron chi connectivity index (χ3n) is 2.50. The number of alkyl halides is 3. The lowest BCUT2D eigenvalue weighted by atomic mass is 10.2. The lowest BCUT2D eigenvalue weighted by Crippen LogP contribution is -2.18. The summed E-state index contributed by atoms with van der Waals surface area (Å²) in [7, 11) is 0. The van der Waals surface area contributed by atoms with E-state index in [1.165, 1.54) is 18.4 Å². The second-order valence-electron chi connectivity index (χ2n) is 3.96. The highest BCUT2D eigenvalue weighted by Gasteiger charge is 2.30. The fourth-order valence-electron chi connectivity index (χ4n) is 1.53. The first-order valence-corrected chi connectivity index (χ1v) is 5.56. The van der Waals surface area contributed by atoms with Crippen LogP contribution in [0.25, 0.3) is 0 Å². The summed E-state index contributed by atoms with van der Waals surface area (Å²) < 4.78 is 47.8. The Morgan fingerprint density at radius 1 is 1.21 bits per heavy atom. The first-order chi connectivity index (χ1) is 8.97. The van der Waals surface area contributed by atoms with Crippen molar-refractivity contribution < 1.29 is 22.3 Å². The average molecular weight is 271 g/mol. The van der Waals surface area contributed by atoms with E-state index in [0.29, 0.717) is 5.76 Å². The van der Waals surface area contributed by atoms with Gasteiger partial charge in [0.05, 0.1) is 17.9 Å². The average Bonchev–Trinajstić information content (AvgIpc) is 2.89. The Labute approximate surface area is 107 Å². The van der Waals surface area contributed by atoms with E-state index in [4.69, 9.17) is 14.9 Å². The predicted octanol–water partition coefficient (Wildman–Crippen LogP) is 3.38. The number of rotatable bonds is 4. The molecule has 0 radical (unpaired) electrons. The highest BCUT2D eigenvalue weighted by atomic mass is 19.4. The molecule has 2 rings (SSSR count). The van der Waals surface area contributed by atoms with Gasteiger partial charge in [-0.2, -0.15) is 13.2 Å². The Kier molecular flexibility index (Phi) is 3.80. The Morgan fingerprint density at radius 3 is 2.63 bits per heavy atom. The topological polar surface area (TPSA) is 48.4 Å². The number of ether oxygens (including phenoxy) is 1. The minimum Gasteiger partial charge on any atom is -0.491 e. The van der Waals surface area contributed by atoms with E-state index >= 15 is 0 Å². The molecule has 1 atom stereocenters. The van der Waals surface area contributed by atoms with Crippen molar-refractivity contribution >= 4 is 0 Å². The summed E-state index contributed by atoms with van der Waals surface area (Å²) in [4.78, 5) is 0. The Balaban J connectivity index is 2.00. The van der Waals surface area contributed by atoms with Gasteiger partial charge in [0.2, 0.25) is 0 Å². The van der Waals surface area contributed by atoms with Crippen molar-refractivity contribution in [3.8, 4) is 5.75 Å². The number of benzene rings is 1. The molecule has 1 heterocycles. The van der Waals surface area contributed by atoms with Gasteiger partial charge in [-0.3, -0.25) is 0 Å². The van der Waals surface area contributed by atoms with Gasteiger partial charge in [0.1, 0.15) is 18.1 Å². The van der Waals surface area contributed by atoms with Crippen molar-refractivity contribution in [2.24, 2.45) is 5.73 Å². The molecule has 0 aliphatic carbocycles. The van der Waals surface area contributed by atoms with E-state index in [9.17, 15) is 13.2 Å². The molecule has 3 nitrogen and oxygen atoms in total. The molecule has 0 spiro atoms. The van der Waals surface area contributed by atoms with Gasteiger partial charge in [0, 0.05) is 0 Å². The van der Waals surface area contributed by atoms with Crippen molar-refractivity contribution in [2.45, 2.75) is 12.2 Å².